The summed E-state index contributed by atoms with van der Waals surface area (Å²) in [7, 11) is 0. The molecular weight excluding hydrogens is 246 g/mol. The van der Waals surface area contributed by atoms with Crippen molar-refractivity contribution >= 4 is 11.6 Å². The number of para-hydroxylation sites is 1. The molecule has 1 aromatic carbocycles. The van der Waals surface area contributed by atoms with Crippen LogP contribution < -0.4 is 5.32 Å². The van der Waals surface area contributed by atoms with Crippen LogP contribution in [0.3, 0.4) is 0 Å². The summed E-state index contributed by atoms with van der Waals surface area (Å²) in [6.07, 6.45) is 9.08. The first-order chi connectivity index (χ1) is 9.81. The fraction of sp³-hybridized carbons (Fsp3) is 0.471. The van der Waals surface area contributed by atoms with Crippen molar-refractivity contribution in [1.29, 1.82) is 0 Å². The third-order valence-corrected chi connectivity index (χ3v) is 4.11. The number of aryl methyl sites for hydroxylation is 1. The second kappa shape index (κ2) is 6.12. The van der Waals surface area contributed by atoms with Gasteiger partial charge >= 0.3 is 0 Å². The van der Waals surface area contributed by atoms with E-state index in [4.69, 9.17) is 0 Å². The number of imidazole rings is 1. The highest BCUT2D eigenvalue weighted by atomic mass is 15.2. The van der Waals surface area contributed by atoms with Crippen LogP contribution in [0, 0.1) is 12.8 Å². The summed E-state index contributed by atoms with van der Waals surface area (Å²) < 4.78 is 2.29. The molecule has 3 nitrogen and oxygen atoms in total. The molecule has 1 aliphatic carbocycles. The highest BCUT2D eigenvalue weighted by Crippen LogP contribution is 2.27. The van der Waals surface area contributed by atoms with Gasteiger partial charge in [-0.15, -0.1) is 0 Å². The Morgan fingerprint density at radius 3 is 2.65 bits per heavy atom. The lowest BCUT2D eigenvalue weighted by molar-refractivity contribution is 0.320. The number of nitrogens with one attached hydrogen (secondary N) is 1. The molecule has 1 heterocycles. The molecule has 0 atom stereocenters. The van der Waals surface area contributed by atoms with Gasteiger partial charge in [-0.05, 0) is 37.8 Å². The molecular formula is C17H23N3. The van der Waals surface area contributed by atoms with Gasteiger partial charge in [0.1, 0.15) is 0 Å². The van der Waals surface area contributed by atoms with Crippen LogP contribution in [-0.2, 0) is 6.54 Å². The maximum atomic E-state index is 4.62. The highest BCUT2D eigenvalue weighted by Gasteiger charge is 2.16. The topological polar surface area (TPSA) is 29.9 Å². The number of aromatic nitrogens is 2. The second-order valence-electron chi connectivity index (χ2n) is 5.85. The maximum Gasteiger partial charge on any atom is 0.207 e. The molecule has 2 aromatic rings. The summed E-state index contributed by atoms with van der Waals surface area (Å²) >= 11 is 0. The van der Waals surface area contributed by atoms with E-state index in [1.807, 2.05) is 18.2 Å². The summed E-state index contributed by atoms with van der Waals surface area (Å²) in [6.45, 7) is 3.16. The van der Waals surface area contributed by atoms with Crippen molar-refractivity contribution in [3.63, 3.8) is 0 Å². The Kier molecular flexibility index (Phi) is 4.05. The van der Waals surface area contributed by atoms with Gasteiger partial charge in [-0.2, -0.15) is 0 Å². The molecule has 1 fully saturated rings. The molecule has 0 saturated heterocycles. The zero-order chi connectivity index (χ0) is 13.8. The molecule has 0 radical (unpaired) electrons. The number of rotatable bonds is 4. The minimum absolute atomic E-state index is 0.814. The molecule has 1 saturated carbocycles. The summed E-state index contributed by atoms with van der Waals surface area (Å²) in [4.78, 5) is 4.62. The van der Waals surface area contributed by atoms with Gasteiger partial charge in [-0.3, -0.25) is 0 Å². The van der Waals surface area contributed by atoms with Crippen LogP contribution in [0.1, 0.15) is 37.8 Å². The predicted octanol–water partition coefficient (Wildman–Crippen LogP) is 4.52. The minimum atomic E-state index is 0.814. The van der Waals surface area contributed by atoms with Crippen LogP contribution >= 0.6 is 0 Å². The Morgan fingerprint density at radius 2 is 1.90 bits per heavy atom. The van der Waals surface area contributed by atoms with Gasteiger partial charge in [0.15, 0.2) is 0 Å². The first kappa shape index (κ1) is 13.2. The van der Waals surface area contributed by atoms with Gasteiger partial charge in [-0.1, -0.05) is 37.5 Å². The predicted molar refractivity (Wildman–Crippen MR) is 83.3 cm³/mol. The second-order valence-corrected chi connectivity index (χ2v) is 5.85. The van der Waals surface area contributed by atoms with E-state index in [1.54, 1.807) is 0 Å². The van der Waals surface area contributed by atoms with Gasteiger partial charge in [0, 0.05) is 18.4 Å². The Morgan fingerprint density at radius 1 is 1.15 bits per heavy atom. The quantitative estimate of drug-likeness (QED) is 0.884. The molecule has 0 unspecified atom stereocenters. The molecule has 0 aliphatic heterocycles. The zero-order valence-electron chi connectivity index (χ0n) is 12.2. The highest BCUT2D eigenvalue weighted by molar-refractivity contribution is 5.53. The number of benzene rings is 1. The Hall–Kier alpha value is -1.77. The largest absolute Gasteiger partial charge is 0.326 e. The number of hydrogen-bond donors (Lipinski definition) is 1. The molecule has 1 aliphatic rings. The SMILES string of the molecule is Cc1cn(CC2CCCCC2)c(Nc2ccccc2)n1. The average molecular weight is 269 g/mol. The lowest BCUT2D eigenvalue weighted by Gasteiger charge is -2.22. The van der Waals surface area contributed by atoms with Crippen molar-refractivity contribution < 1.29 is 0 Å². The van der Waals surface area contributed by atoms with Crippen molar-refractivity contribution in [2.45, 2.75) is 45.6 Å². The van der Waals surface area contributed by atoms with E-state index in [-0.39, 0.29) is 0 Å². The normalized spacial score (nSPS) is 16.2. The smallest absolute Gasteiger partial charge is 0.207 e. The van der Waals surface area contributed by atoms with Gasteiger partial charge in [0.2, 0.25) is 5.95 Å². The molecule has 3 heteroatoms. The number of anilines is 2. The van der Waals surface area contributed by atoms with E-state index in [0.29, 0.717) is 0 Å². The van der Waals surface area contributed by atoms with Crippen LogP contribution in [0.15, 0.2) is 36.5 Å². The van der Waals surface area contributed by atoms with E-state index in [0.717, 1.165) is 29.8 Å². The molecule has 0 spiro atoms. The fourth-order valence-electron chi connectivity index (χ4n) is 3.08. The Bertz CT molecular complexity index is 539. The zero-order valence-corrected chi connectivity index (χ0v) is 12.2. The molecule has 20 heavy (non-hydrogen) atoms. The Labute approximate surface area is 121 Å². The molecule has 1 aromatic heterocycles. The lowest BCUT2D eigenvalue weighted by atomic mass is 9.89. The minimum Gasteiger partial charge on any atom is -0.326 e. The Balaban J connectivity index is 1.73. The van der Waals surface area contributed by atoms with Crippen molar-refractivity contribution in [1.82, 2.24) is 9.55 Å². The third-order valence-electron chi connectivity index (χ3n) is 4.11. The van der Waals surface area contributed by atoms with Gasteiger partial charge in [0.05, 0.1) is 5.69 Å². The summed E-state index contributed by atoms with van der Waals surface area (Å²) in [5.41, 5.74) is 2.18. The summed E-state index contributed by atoms with van der Waals surface area (Å²) in [5, 5.41) is 3.43. The van der Waals surface area contributed by atoms with Crippen molar-refractivity contribution in [2.24, 2.45) is 5.92 Å². The van der Waals surface area contributed by atoms with Crippen molar-refractivity contribution in [3.05, 3.63) is 42.2 Å². The standard InChI is InChI=1S/C17H23N3/c1-14-12-20(13-15-8-4-2-5-9-15)17(18-14)19-16-10-6-3-7-11-16/h3,6-7,10-12,15H,2,4-5,8-9,13H2,1H3,(H,18,19). The summed E-state index contributed by atoms with van der Waals surface area (Å²) in [6, 6.07) is 10.3. The number of hydrogen-bond acceptors (Lipinski definition) is 2. The molecule has 3 rings (SSSR count). The van der Waals surface area contributed by atoms with E-state index < -0.39 is 0 Å². The van der Waals surface area contributed by atoms with Gasteiger partial charge < -0.3 is 9.88 Å². The molecule has 0 amide bonds. The molecule has 1 N–H and O–H groups in total. The first-order valence-electron chi connectivity index (χ1n) is 7.67. The average Bonchev–Trinajstić information content (AvgIpc) is 2.81. The first-order valence-corrected chi connectivity index (χ1v) is 7.67. The van der Waals surface area contributed by atoms with Crippen LogP contribution in [-0.4, -0.2) is 9.55 Å². The van der Waals surface area contributed by atoms with Gasteiger partial charge in [-0.25, -0.2) is 4.98 Å². The van der Waals surface area contributed by atoms with Crippen LogP contribution in [0.4, 0.5) is 11.6 Å². The molecule has 0 bridgehead atoms. The van der Waals surface area contributed by atoms with E-state index in [2.05, 4.69) is 40.1 Å². The van der Waals surface area contributed by atoms with E-state index in [9.17, 15) is 0 Å². The van der Waals surface area contributed by atoms with E-state index in [1.165, 1.54) is 32.1 Å². The van der Waals surface area contributed by atoms with Gasteiger partial charge in [0.25, 0.3) is 0 Å². The molecule has 106 valence electrons. The monoisotopic (exact) mass is 269 g/mol. The van der Waals surface area contributed by atoms with Crippen molar-refractivity contribution in [2.75, 3.05) is 5.32 Å². The van der Waals surface area contributed by atoms with Crippen molar-refractivity contribution in [3.8, 4) is 0 Å². The lowest BCUT2D eigenvalue weighted by Crippen LogP contribution is -2.15. The van der Waals surface area contributed by atoms with Crippen LogP contribution in [0.25, 0.3) is 0 Å². The fourth-order valence-corrected chi connectivity index (χ4v) is 3.08. The summed E-state index contributed by atoms with van der Waals surface area (Å²) in [5.74, 6) is 1.79. The van der Waals surface area contributed by atoms with Crippen LogP contribution in [0.5, 0.6) is 0 Å². The van der Waals surface area contributed by atoms with Crippen LogP contribution in [0.2, 0.25) is 0 Å². The third kappa shape index (κ3) is 3.21. The van der Waals surface area contributed by atoms with E-state index >= 15 is 0 Å². The maximum absolute atomic E-state index is 4.62. The number of nitrogens with zero attached hydrogens (tertiary/aromatic N) is 2.